The van der Waals surface area contributed by atoms with Crippen molar-refractivity contribution in [1.82, 2.24) is 19.8 Å². The van der Waals surface area contributed by atoms with Crippen LogP contribution in [0.15, 0.2) is 5.38 Å². The highest BCUT2D eigenvalue weighted by Gasteiger charge is 2.15. The van der Waals surface area contributed by atoms with Crippen molar-refractivity contribution < 1.29 is 4.79 Å². The Bertz CT molecular complexity index is 335. The van der Waals surface area contributed by atoms with Gasteiger partial charge in [0.1, 0.15) is 0 Å². The van der Waals surface area contributed by atoms with Crippen molar-refractivity contribution in [2.75, 3.05) is 19.6 Å². The second kappa shape index (κ2) is 6.66. The van der Waals surface area contributed by atoms with Crippen LogP contribution in [-0.2, 0) is 11.3 Å². The van der Waals surface area contributed by atoms with Crippen LogP contribution in [0.1, 0.15) is 31.4 Å². The summed E-state index contributed by atoms with van der Waals surface area (Å²) >= 11 is 1.35. The van der Waals surface area contributed by atoms with Crippen molar-refractivity contribution in [2.24, 2.45) is 0 Å². The topological polar surface area (TPSA) is 58.1 Å². The highest BCUT2D eigenvalue weighted by atomic mass is 32.1. The number of piperidine rings is 1. The predicted octanol–water partition coefficient (Wildman–Crippen LogP) is 1.03. The Morgan fingerprint density at radius 3 is 2.94 bits per heavy atom. The van der Waals surface area contributed by atoms with E-state index in [4.69, 9.17) is 0 Å². The Balaban J connectivity index is 1.59. The molecule has 0 saturated carbocycles. The lowest BCUT2D eigenvalue weighted by molar-refractivity contribution is -0.131. The monoisotopic (exact) mass is 254 g/mol. The maximum Gasteiger partial charge on any atom is 0.223 e. The standard InChI is InChI=1S/C11H18N4OS/c16-11(15-6-2-1-3-7-15)4-5-12-8-10-9-17-14-13-10/h9,12H,1-8H2. The molecule has 1 aromatic rings. The van der Waals surface area contributed by atoms with Gasteiger partial charge in [0.15, 0.2) is 0 Å². The van der Waals surface area contributed by atoms with Crippen molar-refractivity contribution >= 4 is 17.4 Å². The molecule has 17 heavy (non-hydrogen) atoms. The van der Waals surface area contributed by atoms with Crippen molar-refractivity contribution in [1.29, 1.82) is 0 Å². The van der Waals surface area contributed by atoms with E-state index in [-0.39, 0.29) is 5.91 Å². The number of nitrogens with zero attached hydrogens (tertiary/aromatic N) is 3. The molecule has 1 N–H and O–H groups in total. The Hall–Kier alpha value is -1.01. The van der Waals surface area contributed by atoms with E-state index in [1.165, 1.54) is 18.0 Å². The first-order valence-corrected chi connectivity index (χ1v) is 6.94. The molecule has 1 fully saturated rings. The van der Waals surface area contributed by atoms with Gasteiger partial charge < -0.3 is 10.2 Å². The number of carbonyl (C=O) groups excluding carboxylic acids is 1. The van der Waals surface area contributed by atoms with Crippen LogP contribution in [0.2, 0.25) is 0 Å². The van der Waals surface area contributed by atoms with Crippen LogP contribution in [0.3, 0.4) is 0 Å². The number of likely N-dealkylation sites (tertiary alicyclic amines) is 1. The van der Waals surface area contributed by atoms with Gasteiger partial charge in [-0.1, -0.05) is 4.49 Å². The lowest BCUT2D eigenvalue weighted by Crippen LogP contribution is -2.37. The third kappa shape index (κ3) is 4.05. The number of nitrogens with one attached hydrogen (secondary N) is 1. The minimum atomic E-state index is 0.272. The third-order valence-electron chi connectivity index (χ3n) is 2.94. The summed E-state index contributed by atoms with van der Waals surface area (Å²) in [5.74, 6) is 0.272. The van der Waals surface area contributed by atoms with Crippen LogP contribution in [-0.4, -0.2) is 40.0 Å². The largest absolute Gasteiger partial charge is 0.343 e. The van der Waals surface area contributed by atoms with Gasteiger partial charge in [0.2, 0.25) is 5.91 Å². The van der Waals surface area contributed by atoms with E-state index in [0.717, 1.165) is 31.6 Å². The van der Waals surface area contributed by atoms with Crippen LogP contribution in [0.25, 0.3) is 0 Å². The second-order valence-electron chi connectivity index (χ2n) is 4.26. The predicted molar refractivity (Wildman–Crippen MR) is 66.7 cm³/mol. The molecular formula is C11H18N4OS. The van der Waals surface area contributed by atoms with E-state index < -0.39 is 0 Å². The van der Waals surface area contributed by atoms with E-state index in [0.29, 0.717) is 19.5 Å². The first kappa shape index (κ1) is 12.4. The van der Waals surface area contributed by atoms with Gasteiger partial charge >= 0.3 is 0 Å². The van der Waals surface area contributed by atoms with Gasteiger partial charge in [-0.05, 0) is 30.8 Å². The van der Waals surface area contributed by atoms with Gasteiger partial charge in [-0.15, -0.1) is 5.10 Å². The van der Waals surface area contributed by atoms with E-state index in [2.05, 4.69) is 14.9 Å². The van der Waals surface area contributed by atoms with Crippen molar-refractivity contribution in [2.45, 2.75) is 32.2 Å². The lowest BCUT2D eigenvalue weighted by atomic mass is 10.1. The van der Waals surface area contributed by atoms with Gasteiger partial charge in [0, 0.05) is 38.0 Å². The first-order chi connectivity index (χ1) is 8.36. The smallest absolute Gasteiger partial charge is 0.223 e. The maximum atomic E-state index is 11.8. The lowest BCUT2D eigenvalue weighted by Gasteiger charge is -2.26. The third-order valence-corrected chi connectivity index (χ3v) is 3.49. The summed E-state index contributed by atoms with van der Waals surface area (Å²) < 4.78 is 3.79. The average Bonchev–Trinajstić information content (AvgIpc) is 2.88. The SMILES string of the molecule is O=C(CCNCc1csnn1)N1CCCCC1. The van der Waals surface area contributed by atoms with Crippen LogP contribution in [0.5, 0.6) is 0 Å². The highest BCUT2D eigenvalue weighted by Crippen LogP contribution is 2.09. The Morgan fingerprint density at radius 1 is 1.41 bits per heavy atom. The average molecular weight is 254 g/mol. The van der Waals surface area contributed by atoms with Gasteiger partial charge in [-0.3, -0.25) is 4.79 Å². The fraction of sp³-hybridized carbons (Fsp3) is 0.727. The molecule has 0 radical (unpaired) electrons. The number of amides is 1. The second-order valence-corrected chi connectivity index (χ2v) is 4.87. The summed E-state index contributed by atoms with van der Waals surface area (Å²) in [6, 6.07) is 0. The number of hydrogen-bond donors (Lipinski definition) is 1. The molecule has 2 rings (SSSR count). The Morgan fingerprint density at radius 2 is 2.24 bits per heavy atom. The zero-order valence-corrected chi connectivity index (χ0v) is 10.7. The van der Waals surface area contributed by atoms with Crippen molar-refractivity contribution in [3.8, 4) is 0 Å². The Kier molecular flexibility index (Phi) is 4.88. The summed E-state index contributed by atoms with van der Waals surface area (Å²) in [6.45, 7) is 3.29. The molecule has 6 heteroatoms. The van der Waals surface area contributed by atoms with Crippen LogP contribution < -0.4 is 5.32 Å². The summed E-state index contributed by atoms with van der Waals surface area (Å²) in [4.78, 5) is 13.8. The normalized spacial score (nSPS) is 16.1. The molecule has 2 heterocycles. The van der Waals surface area contributed by atoms with Crippen LogP contribution in [0, 0.1) is 0 Å². The van der Waals surface area contributed by atoms with E-state index >= 15 is 0 Å². The molecule has 1 aromatic heterocycles. The zero-order chi connectivity index (χ0) is 11.9. The summed E-state index contributed by atoms with van der Waals surface area (Å²) in [7, 11) is 0. The minimum absolute atomic E-state index is 0.272. The molecule has 94 valence electrons. The van der Waals surface area contributed by atoms with E-state index in [9.17, 15) is 4.79 Å². The molecule has 0 spiro atoms. The molecule has 0 bridgehead atoms. The van der Waals surface area contributed by atoms with Crippen LogP contribution >= 0.6 is 11.5 Å². The summed E-state index contributed by atoms with van der Waals surface area (Å²) in [5, 5.41) is 9.06. The summed E-state index contributed by atoms with van der Waals surface area (Å²) in [5.41, 5.74) is 0.945. The zero-order valence-electron chi connectivity index (χ0n) is 9.89. The quantitative estimate of drug-likeness (QED) is 0.797. The maximum absolute atomic E-state index is 11.8. The van der Waals surface area contributed by atoms with Crippen molar-refractivity contribution in [3.05, 3.63) is 11.1 Å². The van der Waals surface area contributed by atoms with Gasteiger partial charge in [0.25, 0.3) is 0 Å². The van der Waals surface area contributed by atoms with Crippen LogP contribution in [0.4, 0.5) is 0 Å². The molecule has 1 amide bonds. The molecule has 1 aliphatic rings. The van der Waals surface area contributed by atoms with E-state index in [1.807, 2.05) is 10.3 Å². The molecule has 0 aliphatic carbocycles. The Labute approximate surface area is 105 Å². The number of hydrogen-bond acceptors (Lipinski definition) is 5. The molecule has 1 aliphatic heterocycles. The molecule has 5 nitrogen and oxygen atoms in total. The van der Waals surface area contributed by atoms with Gasteiger partial charge in [-0.2, -0.15) is 0 Å². The minimum Gasteiger partial charge on any atom is -0.343 e. The fourth-order valence-electron chi connectivity index (χ4n) is 1.97. The molecule has 1 saturated heterocycles. The first-order valence-electron chi connectivity index (χ1n) is 6.10. The molecular weight excluding hydrogens is 236 g/mol. The fourth-order valence-corrected chi connectivity index (χ4v) is 2.43. The molecule has 0 atom stereocenters. The van der Waals surface area contributed by atoms with Crippen molar-refractivity contribution in [3.63, 3.8) is 0 Å². The molecule has 0 aromatic carbocycles. The highest BCUT2D eigenvalue weighted by molar-refractivity contribution is 7.03. The van der Waals surface area contributed by atoms with Gasteiger partial charge in [-0.25, -0.2) is 0 Å². The number of carbonyl (C=O) groups is 1. The van der Waals surface area contributed by atoms with Gasteiger partial charge in [0.05, 0.1) is 5.69 Å². The number of rotatable bonds is 5. The summed E-state index contributed by atoms with van der Waals surface area (Å²) in [6.07, 6.45) is 4.16. The molecule has 0 unspecified atom stereocenters. The number of aromatic nitrogens is 2. The van der Waals surface area contributed by atoms with E-state index in [1.54, 1.807) is 0 Å².